The van der Waals surface area contributed by atoms with Gasteiger partial charge in [-0.05, 0) is 55.0 Å². The Bertz CT molecular complexity index is 662. The first-order valence-corrected chi connectivity index (χ1v) is 7.39. The van der Waals surface area contributed by atoms with E-state index >= 15 is 0 Å². The number of carbonyl (C=O) groups is 2. The molecule has 0 N–H and O–H groups in total. The molecule has 118 valence electrons. The van der Waals surface area contributed by atoms with Gasteiger partial charge >= 0.3 is 0 Å². The number of ketones is 1. The highest BCUT2D eigenvalue weighted by atomic mass is 19.1. The average Bonchev–Trinajstić information content (AvgIpc) is 3.05. The molecule has 3 nitrogen and oxygen atoms in total. The van der Waals surface area contributed by atoms with Crippen LogP contribution in [-0.4, -0.2) is 29.7 Å². The lowest BCUT2D eigenvalue weighted by atomic mass is 9.97. The summed E-state index contributed by atoms with van der Waals surface area (Å²) in [5, 5.41) is 0. The fourth-order valence-corrected chi connectivity index (χ4v) is 2.78. The predicted molar refractivity (Wildman–Crippen MR) is 81.1 cm³/mol. The Morgan fingerprint density at radius 2 is 1.39 bits per heavy atom. The summed E-state index contributed by atoms with van der Waals surface area (Å²) in [7, 11) is 0. The summed E-state index contributed by atoms with van der Waals surface area (Å²) in [5.41, 5.74) is 0.855. The van der Waals surface area contributed by atoms with Crippen LogP contribution in [0.25, 0.3) is 0 Å². The van der Waals surface area contributed by atoms with Crippen LogP contribution in [0.3, 0.4) is 0 Å². The molecule has 0 radical (unpaired) electrons. The van der Waals surface area contributed by atoms with E-state index in [1.807, 2.05) is 0 Å². The second-order valence-electron chi connectivity index (χ2n) is 5.61. The van der Waals surface area contributed by atoms with Crippen LogP contribution in [0.1, 0.15) is 27.1 Å². The minimum atomic E-state index is -0.396. The van der Waals surface area contributed by atoms with Crippen LogP contribution in [0.15, 0.2) is 48.5 Å². The van der Waals surface area contributed by atoms with Crippen molar-refractivity contribution in [3.8, 4) is 0 Å². The number of Topliss-reactive ketones (excluding diaryl/α,β-unsaturated/α-hetero) is 1. The number of rotatable bonds is 3. The van der Waals surface area contributed by atoms with Crippen molar-refractivity contribution in [1.82, 2.24) is 4.90 Å². The summed E-state index contributed by atoms with van der Waals surface area (Å²) in [6, 6.07) is 10.8. The molecule has 5 heteroatoms. The second kappa shape index (κ2) is 6.28. The van der Waals surface area contributed by atoms with E-state index in [-0.39, 0.29) is 23.4 Å². The van der Waals surface area contributed by atoms with Crippen LogP contribution in [-0.2, 0) is 0 Å². The van der Waals surface area contributed by atoms with Crippen molar-refractivity contribution in [3.05, 3.63) is 71.3 Å². The van der Waals surface area contributed by atoms with E-state index in [1.165, 1.54) is 48.5 Å². The Labute approximate surface area is 132 Å². The van der Waals surface area contributed by atoms with Gasteiger partial charge in [-0.2, -0.15) is 0 Å². The molecule has 1 aliphatic heterocycles. The minimum Gasteiger partial charge on any atom is -0.338 e. The normalized spacial score (nSPS) is 17.3. The monoisotopic (exact) mass is 315 g/mol. The number of hydrogen-bond acceptors (Lipinski definition) is 2. The molecule has 3 rings (SSSR count). The van der Waals surface area contributed by atoms with Crippen molar-refractivity contribution in [1.29, 1.82) is 0 Å². The summed E-state index contributed by atoms with van der Waals surface area (Å²) in [6.45, 7) is 0.806. The van der Waals surface area contributed by atoms with Crippen LogP contribution >= 0.6 is 0 Å². The minimum absolute atomic E-state index is 0.0839. The van der Waals surface area contributed by atoms with Crippen molar-refractivity contribution >= 4 is 11.7 Å². The summed E-state index contributed by atoms with van der Waals surface area (Å²) in [6.07, 6.45) is 0.573. The topological polar surface area (TPSA) is 37.4 Å². The quantitative estimate of drug-likeness (QED) is 0.815. The van der Waals surface area contributed by atoms with Gasteiger partial charge in [-0.1, -0.05) is 0 Å². The van der Waals surface area contributed by atoms with Crippen molar-refractivity contribution in [2.45, 2.75) is 6.42 Å². The Balaban J connectivity index is 1.68. The zero-order valence-electron chi connectivity index (χ0n) is 12.3. The lowest BCUT2D eigenvalue weighted by Gasteiger charge is -2.16. The molecule has 2 aromatic carbocycles. The van der Waals surface area contributed by atoms with E-state index in [9.17, 15) is 18.4 Å². The SMILES string of the molecule is O=C(c1ccc(F)cc1)[C@H]1CCN(C(=O)c2ccc(F)cc2)C1. The molecular weight excluding hydrogens is 300 g/mol. The highest BCUT2D eigenvalue weighted by Gasteiger charge is 2.31. The first-order chi connectivity index (χ1) is 11.0. The highest BCUT2D eigenvalue weighted by Crippen LogP contribution is 2.23. The Morgan fingerprint density at radius 3 is 1.96 bits per heavy atom. The average molecular weight is 315 g/mol. The van der Waals surface area contributed by atoms with E-state index < -0.39 is 5.82 Å². The first-order valence-electron chi connectivity index (χ1n) is 7.39. The van der Waals surface area contributed by atoms with Crippen LogP contribution in [0, 0.1) is 17.6 Å². The second-order valence-corrected chi connectivity index (χ2v) is 5.61. The molecule has 2 aromatic rings. The number of nitrogens with zero attached hydrogens (tertiary/aromatic N) is 1. The van der Waals surface area contributed by atoms with Crippen LogP contribution in [0.5, 0.6) is 0 Å². The largest absolute Gasteiger partial charge is 0.338 e. The fraction of sp³-hybridized carbons (Fsp3) is 0.222. The molecule has 1 amide bonds. The summed E-state index contributed by atoms with van der Waals surface area (Å²) in [4.78, 5) is 26.3. The third-order valence-corrected chi connectivity index (χ3v) is 4.07. The number of carbonyl (C=O) groups excluding carboxylic acids is 2. The molecule has 23 heavy (non-hydrogen) atoms. The van der Waals surface area contributed by atoms with Gasteiger partial charge in [-0.25, -0.2) is 8.78 Å². The van der Waals surface area contributed by atoms with E-state index in [1.54, 1.807) is 4.90 Å². The van der Waals surface area contributed by atoms with E-state index in [0.29, 0.717) is 30.6 Å². The van der Waals surface area contributed by atoms with Gasteiger partial charge in [0.15, 0.2) is 5.78 Å². The maximum absolute atomic E-state index is 12.9. The molecule has 1 atom stereocenters. The van der Waals surface area contributed by atoms with Gasteiger partial charge < -0.3 is 4.90 Å². The molecule has 0 spiro atoms. The third-order valence-electron chi connectivity index (χ3n) is 4.07. The van der Waals surface area contributed by atoms with Crippen molar-refractivity contribution in [3.63, 3.8) is 0 Å². The molecule has 1 fully saturated rings. The summed E-state index contributed by atoms with van der Waals surface area (Å²) < 4.78 is 25.8. The van der Waals surface area contributed by atoms with Crippen molar-refractivity contribution < 1.29 is 18.4 Å². The molecule has 0 aliphatic carbocycles. The standard InChI is InChI=1S/C18H15F2NO2/c19-15-5-1-12(2-6-15)17(22)14-9-10-21(11-14)18(23)13-3-7-16(20)8-4-13/h1-8,14H,9-11H2/t14-/m0/s1. The lowest BCUT2D eigenvalue weighted by molar-refractivity contribution is 0.0780. The molecule has 1 saturated heterocycles. The fourth-order valence-electron chi connectivity index (χ4n) is 2.78. The third kappa shape index (κ3) is 3.28. The maximum Gasteiger partial charge on any atom is 0.253 e. The first kappa shape index (κ1) is 15.3. The van der Waals surface area contributed by atoms with Crippen LogP contribution < -0.4 is 0 Å². The van der Waals surface area contributed by atoms with Gasteiger partial charge in [0, 0.05) is 30.1 Å². The molecule has 0 unspecified atom stereocenters. The number of amides is 1. The van der Waals surface area contributed by atoms with E-state index in [0.717, 1.165) is 0 Å². The number of hydrogen-bond donors (Lipinski definition) is 0. The van der Waals surface area contributed by atoms with Gasteiger partial charge in [-0.15, -0.1) is 0 Å². The number of likely N-dealkylation sites (tertiary alicyclic amines) is 1. The zero-order valence-corrected chi connectivity index (χ0v) is 12.3. The lowest BCUT2D eigenvalue weighted by Crippen LogP contribution is -2.30. The van der Waals surface area contributed by atoms with Gasteiger partial charge in [-0.3, -0.25) is 9.59 Å². The summed E-state index contributed by atoms with van der Waals surface area (Å²) in [5.74, 6) is -1.36. The number of benzene rings is 2. The Kier molecular flexibility index (Phi) is 4.19. The number of halogens is 2. The Hall–Kier alpha value is -2.56. The summed E-state index contributed by atoms with van der Waals surface area (Å²) >= 11 is 0. The van der Waals surface area contributed by atoms with E-state index in [2.05, 4.69) is 0 Å². The smallest absolute Gasteiger partial charge is 0.253 e. The molecule has 0 saturated carbocycles. The van der Waals surface area contributed by atoms with Crippen LogP contribution in [0.2, 0.25) is 0 Å². The molecule has 0 bridgehead atoms. The van der Waals surface area contributed by atoms with Gasteiger partial charge in [0.05, 0.1) is 0 Å². The molecule has 0 aromatic heterocycles. The maximum atomic E-state index is 12.9. The highest BCUT2D eigenvalue weighted by molar-refractivity contribution is 5.99. The van der Waals surface area contributed by atoms with Crippen molar-refractivity contribution in [2.24, 2.45) is 5.92 Å². The van der Waals surface area contributed by atoms with Gasteiger partial charge in [0.25, 0.3) is 5.91 Å². The molecule has 1 heterocycles. The van der Waals surface area contributed by atoms with E-state index in [4.69, 9.17) is 0 Å². The van der Waals surface area contributed by atoms with Crippen LogP contribution in [0.4, 0.5) is 8.78 Å². The van der Waals surface area contributed by atoms with Gasteiger partial charge in [0.2, 0.25) is 0 Å². The van der Waals surface area contributed by atoms with Crippen molar-refractivity contribution in [2.75, 3.05) is 13.1 Å². The zero-order chi connectivity index (χ0) is 16.4. The molecule has 1 aliphatic rings. The predicted octanol–water partition coefficient (Wildman–Crippen LogP) is 3.31. The Morgan fingerprint density at radius 1 is 0.870 bits per heavy atom. The van der Waals surface area contributed by atoms with Gasteiger partial charge in [0.1, 0.15) is 11.6 Å². The molecular formula is C18H15F2NO2.